The maximum atomic E-state index is 13.8. The van der Waals surface area contributed by atoms with Crippen LogP contribution >= 0.6 is 11.6 Å². The molecule has 4 rings (SSSR count). The minimum absolute atomic E-state index is 0.204. The molecule has 0 fully saturated rings. The van der Waals surface area contributed by atoms with Crippen LogP contribution in [0, 0.1) is 18.1 Å². The summed E-state index contributed by atoms with van der Waals surface area (Å²) < 4.78 is 32.8. The number of benzene rings is 3. The van der Waals surface area contributed by atoms with Crippen LogP contribution in [0.15, 0.2) is 59.0 Å². The molecule has 0 aliphatic rings. The molecule has 4 aromatic rings. The Balaban J connectivity index is 1.83. The van der Waals surface area contributed by atoms with Gasteiger partial charge in [0.25, 0.3) is 0 Å². The average molecular weight is 328 g/mol. The van der Waals surface area contributed by atoms with E-state index in [0.29, 0.717) is 5.02 Å². The molecule has 1 aromatic heterocycles. The molecule has 0 saturated heterocycles. The zero-order valence-corrected chi connectivity index (χ0v) is 12.6. The lowest BCUT2D eigenvalue weighted by atomic mass is 10.0. The van der Waals surface area contributed by atoms with E-state index in [9.17, 15) is 8.78 Å². The van der Waals surface area contributed by atoms with Crippen molar-refractivity contribution in [2.45, 2.75) is 0 Å². The van der Waals surface area contributed by atoms with Crippen molar-refractivity contribution in [2.75, 3.05) is 0 Å². The van der Waals surface area contributed by atoms with E-state index >= 15 is 0 Å². The van der Waals surface area contributed by atoms with Gasteiger partial charge in [-0.3, -0.25) is 0 Å². The highest BCUT2D eigenvalue weighted by atomic mass is 35.5. The Bertz CT molecular complexity index is 1040. The third-order valence-electron chi connectivity index (χ3n) is 3.74. The number of hydrogen-bond donors (Lipinski definition) is 0. The summed E-state index contributed by atoms with van der Waals surface area (Å²) in [6.45, 7) is 0. The number of fused-ring (bicyclic) bond motifs is 3. The van der Waals surface area contributed by atoms with Crippen molar-refractivity contribution in [1.82, 2.24) is 0 Å². The van der Waals surface area contributed by atoms with E-state index in [0.717, 1.165) is 39.6 Å². The van der Waals surface area contributed by atoms with E-state index in [1.165, 1.54) is 6.07 Å². The average Bonchev–Trinajstić information content (AvgIpc) is 2.88. The van der Waals surface area contributed by atoms with Gasteiger partial charge in [0.1, 0.15) is 22.8 Å². The van der Waals surface area contributed by atoms with Crippen LogP contribution in [0.2, 0.25) is 5.02 Å². The van der Waals surface area contributed by atoms with Crippen LogP contribution in [-0.2, 0) is 0 Å². The van der Waals surface area contributed by atoms with Crippen molar-refractivity contribution >= 4 is 33.5 Å². The van der Waals surface area contributed by atoms with Gasteiger partial charge in [-0.15, -0.1) is 0 Å². The lowest BCUT2D eigenvalue weighted by Crippen LogP contribution is -1.91. The van der Waals surface area contributed by atoms with Gasteiger partial charge < -0.3 is 4.42 Å². The second kappa shape index (κ2) is 5.36. The second-order valence-corrected chi connectivity index (χ2v) is 5.74. The quantitative estimate of drug-likeness (QED) is 0.432. The molecule has 1 radical (unpaired) electrons. The van der Waals surface area contributed by atoms with E-state index in [1.807, 2.05) is 24.3 Å². The SMILES string of the molecule is Fc1ccc(F)c([CH]c2ccc3oc4ccc(Cl)cc4c3c2)c1. The molecular formula is C19H10ClF2O. The summed E-state index contributed by atoms with van der Waals surface area (Å²) >= 11 is 6.04. The normalized spacial score (nSPS) is 11.4. The summed E-state index contributed by atoms with van der Waals surface area (Å²) in [6.07, 6.45) is 1.60. The Morgan fingerprint density at radius 1 is 0.826 bits per heavy atom. The van der Waals surface area contributed by atoms with Gasteiger partial charge >= 0.3 is 0 Å². The maximum absolute atomic E-state index is 13.8. The Hall–Kier alpha value is -2.39. The summed E-state index contributed by atoms with van der Waals surface area (Å²) in [5.41, 5.74) is 2.41. The molecule has 0 aliphatic heterocycles. The molecule has 0 N–H and O–H groups in total. The van der Waals surface area contributed by atoms with Crippen LogP contribution in [0.3, 0.4) is 0 Å². The Morgan fingerprint density at radius 3 is 2.39 bits per heavy atom. The summed E-state index contributed by atoms with van der Waals surface area (Å²) in [7, 11) is 0. The van der Waals surface area contributed by atoms with Gasteiger partial charge in [0.15, 0.2) is 0 Å². The zero-order chi connectivity index (χ0) is 16.0. The number of hydrogen-bond acceptors (Lipinski definition) is 1. The van der Waals surface area contributed by atoms with Crippen LogP contribution in [-0.4, -0.2) is 0 Å². The molecular weight excluding hydrogens is 318 g/mol. The highest BCUT2D eigenvalue weighted by Gasteiger charge is 2.10. The first kappa shape index (κ1) is 14.2. The Kier molecular flexibility index (Phi) is 3.31. The third kappa shape index (κ3) is 2.57. The van der Waals surface area contributed by atoms with Gasteiger partial charge in [-0.25, -0.2) is 8.78 Å². The summed E-state index contributed by atoms with van der Waals surface area (Å²) in [5.74, 6) is -0.939. The molecule has 0 unspecified atom stereocenters. The lowest BCUT2D eigenvalue weighted by Gasteiger charge is -2.04. The smallest absolute Gasteiger partial charge is 0.135 e. The van der Waals surface area contributed by atoms with Crippen molar-refractivity contribution in [2.24, 2.45) is 0 Å². The number of halogens is 3. The predicted octanol–water partition coefficient (Wildman–Crippen LogP) is 6.12. The minimum atomic E-state index is -0.473. The molecule has 1 nitrogen and oxygen atoms in total. The fraction of sp³-hybridized carbons (Fsp3) is 0. The fourth-order valence-electron chi connectivity index (χ4n) is 2.66. The molecule has 0 amide bonds. The highest BCUT2D eigenvalue weighted by Crippen LogP contribution is 2.32. The molecule has 0 spiro atoms. The van der Waals surface area contributed by atoms with Gasteiger partial charge in [0, 0.05) is 22.2 Å². The molecule has 23 heavy (non-hydrogen) atoms. The van der Waals surface area contributed by atoms with Crippen molar-refractivity contribution in [3.8, 4) is 0 Å². The molecule has 3 aromatic carbocycles. The van der Waals surface area contributed by atoms with Crippen molar-refractivity contribution in [3.05, 3.63) is 88.8 Å². The van der Waals surface area contributed by atoms with Gasteiger partial charge in [-0.2, -0.15) is 0 Å². The van der Waals surface area contributed by atoms with E-state index in [-0.39, 0.29) is 5.56 Å². The first-order valence-electron chi connectivity index (χ1n) is 7.02. The van der Waals surface area contributed by atoms with Crippen molar-refractivity contribution < 1.29 is 13.2 Å². The second-order valence-electron chi connectivity index (χ2n) is 5.31. The molecule has 1 heterocycles. The van der Waals surface area contributed by atoms with Crippen LogP contribution in [0.4, 0.5) is 8.78 Å². The van der Waals surface area contributed by atoms with Crippen LogP contribution in [0.5, 0.6) is 0 Å². The minimum Gasteiger partial charge on any atom is -0.456 e. The number of rotatable bonds is 2. The molecule has 0 bridgehead atoms. The standard InChI is InChI=1S/C19H10ClF2O/c20-13-2-6-19-16(10-13)15-8-11(1-5-18(15)23-19)7-12-9-14(21)3-4-17(12)22/h1-10H. The number of furan rings is 1. The van der Waals surface area contributed by atoms with E-state index < -0.39 is 11.6 Å². The molecule has 0 aliphatic carbocycles. The first-order valence-corrected chi connectivity index (χ1v) is 7.39. The first-order chi connectivity index (χ1) is 11.1. The third-order valence-corrected chi connectivity index (χ3v) is 3.97. The van der Waals surface area contributed by atoms with Gasteiger partial charge in [-0.1, -0.05) is 17.7 Å². The molecule has 0 atom stereocenters. The molecule has 4 heteroatoms. The zero-order valence-electron chi connectivity index (χ0n) is 11.8. The Labute approximate surface area is 136 Å². The predicted molar refractivity (Wildman–Crippen MR) is 87.6 cm³/mol. The summed E-state index contributed by atoms with van der Waals surface area (Å²) in [6, 6.07) is 14.3. The van der Waals surface area contributed by atoms with Gasteiger partial charge in [0.2, 0.25) is 0 Å². The van der Waals surface area contributed by atoms with Gasteiger partial charge in [-0.05, 0) is 59.7 Å². The van der Waals surface area contributed by atoms with Crippen LogP contribution in [0.25, 0.3) is 21.9 Å². The Morgan fingerprint density at radius 2 is 1.57 bits per heavy atom. The fourth-order valence-corrected chi connectivity index (χ4v) is 2.83. The van der Waals surface area contributed by atoms with Crippen LogP contribution < -0.4 is 0 Å². The monoisotopic (exact) mass is 327 g/mol. The van der Waals surface area contributed by atoms with E-state index in [1.54, 1.807) is 18.6 Å². The van der Waals surface area contributed by atoms with Crippen molar-refractivity contribution in [3.63, 3.8) is 0 Å². The maximum Gasteiger partial charge on any atom is 0.135 e. The van der Waals surface area contributed by atoms with Gasteiger partial charge in [0.05, 0.1) is 0 Å². The van der Waals surface area contributed by atoms with E-state index in [2.05, 4.69) is 0 Å². The van der Waals surface area contributed by atoms with E-state index in [4.69, 9.17) is 16.0 Å². The summed E-state index contributed by atoms with van der Waals surface area (Å²) in [5, 5.41) is 2.39. The van der Waals surface area contributed by atoms with Crippen molar-refractivity contribution in [1.29, 1.82) is 0 Å². The highest BCUT2D eigenvalue weighted by molar-refractivity contribution is 6.31. The molecule has 0 saturated carbocycles. The molecule has 113 valence electrons. The lowest BCUT2D eigenvalue weighted by molar-refractivity contribution is 0.594. The largest absolute Gasteiger partial charge is 0.456 e. The topological polar surface area (TPSA) is 13.1 Å². The van der Waals surface area contributed by atoms with Crippen LogP contribution in [0.1, 0.15) is 11.1 Å². The summed E-state index contributed by atoms with van der Waals surface area (Å²) in [4.78, 5) is 0.